The molecule has 0 bridgehead atoms. The normalized spacial score (nSPS) is 10.8. The summed E-state index contributed by atoms with van der Waals surface area (Å²) in [7, 11) is 4.02. The molecule has 150 valence electrons. The molecule has 0 aliphatic carbocycles. The van der Waals surface area contributed by atoms with Crippen molar-refractivity contribution in [3.63, 3.8) is 0 Å². The molecule has 0 unspecified atom stereocenters. The zero-order valence-corrected chi connectivity index (χ0v) is 17.8. The van der Waals surface area contributed by atoms with Crippen molar-refractivity contribution in [3.05, 3.63) is 86.6 Å². The van der Waals surface area contributed by atoms with Crippen molar-refractivity contribution in [2.24, 2.45) is 0 Å². The zero-order chi connectivity index (χ0) is 20.8. The summed E-state index contributed by atoms with van der Waals surface area (Å²) >= 11 is 7.54. The predicted octanol–water partition coefficient (Wildman–Crippen LogP) is 4.65. The van der Waals surface area contributed by atoms with Crippen LogP contribution in [0, 0.1) is 0 Å². The van der Waals surface area contributed by atoms with Crippen LogP contribution in [0.5, 0.6) is 0 Å². The Morgan fingerprint density at radius 1 is 1.00 bits per heavy atom. The van der Waals surface area contributed by atoms with Gasteiger partial charge in [-0.05, 0) is 54.9 Å². The second kappa shape index (κ2) is 9.69. The third-order valence-corrected chi connectivity index (χ3v) is 5.46. The quantitative estimate of drug-likeness (QED) is 0.577. The lowest BCUT2D eigenvalue weighted by atomic mass is 10.1. The van der Waals surface area contributed by atoms with Gasteiger partial charge in [0, 0.05) is 18.7 Å². The molecule has 0 fully saturated rings. The molecule has 0 aliphatic rings. The molecule has 1 heterocycles. The van der Waals surface area contributed by atoms with Crippen LogP contribution in [0.15, 0.2) is 60.0 Å². The minimum absolute atomic E-state index is 0.229. The van der Waals surface area contributed by atoms with Crippen LogP contribution in [0.3, 0.4) is 0 Å². The van der Waals surface area contributed by atoms with Crippen LogP contribution < -0.4 is 10.6 Å². The van der Waals surface area contributed by atoms with Crippen molar-refractivity contribution in [3.8, 4) is 0 Å². The first-order valence-electron chi connectivity index (χ1n) is 9.08. The van der Waals surface area contributed by atoms with E-state index in [0.29, 0.717) is 27.7 Å². The largest absolute Gasteiger partial charge is 0.348 e. The second-order valence-corrected chi connectivity index (χ2v) is 8.17. The average molecular weight is 428 g/mol. The summed E-state index contributed by atoms with van der Waals surface area (Å²) in [5.41, 5.74) is 3.07. The molecule has 0 saturated heterocycles. The fourth-order valence-electron chi connectivity index (χ4n) is 2.86. The van der Waals surface area contributed by atoms with E-state index < -0.39 is 0 Å². The molecule has 1 aromatic heterocycles. The summed E-state index contributed by atoms with van der Waals surface area (Å²) in [6.45, 7) is 1.22. The third-order valence-electron chi connectivity index (χ3n) is 4.27. The van der Waals surface area contributed by atoms with Gasteiger partial charge in [0.05, 0.1) is 15.6 Å². The molecule has 0 radical (unpaired) electrons. The Bertz CT molecular complexity index is 1000. The van der Waals surface area contributed by atoms with Crippen molar-refractivity contribution in [1.29, 1.82) is 0 Å². The van der Waals surface area contributed by atoms with Gasteiger partial charge in [-0.25, -0.2) is 0 Å². The monoisotopic (exact) mass is 427 g/mol. The van der Waals surface area contributed by atoms with Gasteiger partial charge in [-0.2, -0.15) is 0 Å². The molecule has 29 heavy (non-hydrogen) atoms. The van der Waals surface area contributed by atoms with Crippen LogP contribution in [0.1, 0.15) is 31.2 Å². The number of hydrogen-bond acceptors (Lipinski definition) is 4. The van der Waals surface area contributed by atoms with E-state index in [0.717, 1.165) is 17.7 Å². The lowest BCUT2D eigenvalue weighted by Crippen LogP contribution is -2.24. The molecule has 5 nitrogen and oxygen atoms in total. The smallest absolute Gasteiger partial charge is 0.265 e. The first-order valence-corrected chi connectivity index (χ1v) is 10.3. The van der Waals surface area contributed by atoms with E-state index in [4.69, 9.17) is 11.6 Å². The van der Waals surface area contributed by atoms with Crippen molar-refractivity contribution < 1.29 is 9.59 Å². The number of hydrogen-bond donors (Lipinski definition) is 2. The van der Waals surface area contributed by atoms with Gasteiger partial charge in [0.25, 0.3) is 11.8 Å². The Labute approximate surface area is 179 Å². The van der Waals surface area contributed by atoms with Crippen molar-refractivity contribution >= 4 is 40.4 Å². The molecule has 0 spiro atoms. The number of thiophene rings is 1. The van der Waals surface area contributed by atoms with E-state index in [-0.39, 0.29) is 11.8 Å². The number of carbonyl (C=O) groups excluding carboxylic acids is 2. The fraction of sp³-hybridized carbons (Fsp3) is 0.182. The fourth-order valence-corrected chi connectivity index (χ4v) is 3.64. The van der Waals surface area contributed by atoms with E-state index in [1.807, 2.05) is 37.7 Å². The first-order chi connectivity index (χ1) is 13.9. The highest BCUT2D eigenvalue weighted by atomic mass is 35.5. The molecule has 2 N–H and O–H groups in total. The lowest BCUT2D eigenvalue weighted by molar-refractivity contribution is 0.0949. The van der Waals surface area contributed by atoms with E-state index in [1.54, 1.807) is 30.3 Å². The van der Waals surface area contributed by atoms with E-state index in [1.165, 1.54) is 11.3 Å². The maximum atomic E-state index is 12.7. The zero-order valence-electron chi connectivity index (χ0n) is 16.2. The maximum Gasteiger partial charge on any atom is 0.265 e. The van der Waals surface area contributed by atoms with Gasteiger partial charge in [-0.15, -0.1) is 11.3 Å². The van der Waals surface area contributed by atoms with Crippen LogP contribution in [0.2, 0.25) is 5.02 Å². The number of rotatable bonds is 7. The molecule has 2 aromatic carbocycles. The predicted molar refractivity (Wildman–Crippen MR) is 119 cm³/mol. The minimum atomic E-state index is -0.253. The molecule has 7 heteroatoms. The van der Waals surface area contributed by atoms with Crippen LogP contribution >= 0.6 is 22.9 Å². The summed E-state index contributed by atoms with van der Waals surface area (Å²) in [5, 5.41) is 7.92. The van der Waals surface area contributed by atoms with Gasteiger partial charge >= 0.3 is 0 Å². The number of benzene rings is 2. The van der Waals surface area contributed by atoms with Crippen LogP contribution in [0.25, 0.3) is 0 Å². The van der Waals surface area contributed by atoms with Gasteiger partial charge in [0.2, 0.25) is 0 Å². The summed E-state index contributed by atoms with van der Waals surface area (Å²) < 4.78 is 0. The molecule has 0 aliphatic heterocycles. The van der Waals surface area contributed by atoms with Crippen molar-refractivity contribution in [1.82, 2.24) is 10.2 Å². The first kappa shape index (κ1) is 21.0. The Balaban J connectivity index is 1.69. The molecule has 3 aromatic rings. The summed E-state index contributed by atoms with van der Waals surface area (Å²) in [5.74, 6) is -0.481. The van der Waals surface area contributed by atoms with Crippen molar-refractivity contribution in [2.75, 3.05) is 19.4 Å². The summed E-state index contributed by atoms with van der Waals surface area (Å²) in [6, 6.07) is 16.4. The van der Waals surface area contributed by atoms with Gasteiger partial charge in [-0.1, -0.05) is 41.9 Å². The lowest BCUT2D eigenvalue weighted by Gasteiger charge is -2.15. The number of nitrogens with zero attached hydrogens (tertiary/aromatic N) is 1. The average Bonchev–Trinajstić information content (AvgIpc) is 3.23. The topological polar surface area (TPSA) is 61.4 Å². The SMILES string of the molecule is CN(C)Cc1ccccc1CNC(=O)c1ccc(Cl)c(NC(=O)c2cccs2)c1. The van der Waals surface area contributed by atoms with Gasteiger partial charge in [0.1, 0.15) is 0 Å². The molecule has 2 amide bonds. The van der Waals surface area contributed by atoms with E-state index >= 15 is 0 Å². The van der Waals surface area contributed by atoms with E-state index in [2.05, 4.69) is 21.6 Å². The minimum Gasteiger partial charge on any atom is -0.348 e. The highest BCUT2D eigenvalue weighted by molar-refractivity contribution is 7.12. The molecule has 0 atom stereocenters. The second-order valence-electron chi connectivity index (χ2n) is 6.82. The highest BCUT2D eigenvalue weighted by Crippen LogP contribution is 2.24. The van der Waals surface area contributed by atoms with Crippen LogP contribution in [-0.4, -0.2) is 30.8 Å². The summed E-state index contributed by atoms with van der Waals surface area (Å²) in [4.78, 5) is 27.6. The molecule has 3 rings (SSSR count). The van der Waals surface area contributed by atoms with Crippen LogP contribution in [-0.2, 0) is 13.1 Å². The summed E-state index contributed by atoms with van der Waals surface area (Å²) in [6.07, 6.45) is 0. The number of carbonyl (C=O) groups is 2. The Morgan fingerprint density at radius 3 is 2.45 bits per heavy atom. The van der Waals surface area contributed by atoms with Gasteiger partial charge in [-0.3, -0.25) is 9.59 Å². The number of amides is 2. The van der Waals surface area contributed by atoms with Gasteiger partial charge in [0.15, 0.2) is 0 Å². The third kappa shape index (κ3) is 5.67. The van der Waals surface area contributed by atoms with Crippen LogP contribution in [0.4, 0.5) is 5.69 Å². The Morgan fingerprint density at radius 2 is 1.76 bits per heavy atom. The number of nitrogens with one attached hydrogen (secondary N) is 2. The molecule has 0 saturated carbocycles. The highest BCUT2D eigenvalue weighted by Gasteiger charge is 2.13. The molecular formula is C22H22ClN3O2S. The standard InChI is InChI=1S/C22H22ClN3O2S/c1-26(2)14-17-7-4-3-6-16(17)13-24-21(27)15-9-10-18(23)19(12-15)25-22(28)20-8-5-11-29-20/h3-12H,13-14H2,1-2H3,(H,24,27)(H,25,28). The van der Waals surface area contributed by atoms with E-state index in [9.17, 15) is 9.59 Å². The Hall–Kier alpha value is -2.67. The van der Waals surface area contributed by atoms with Crippen molar-refractivity contribution in [2.45, 2.75) is 13.1 Å². The molecular weight excluding hydrogens is 406 g/mol. The number of halogens is 1. The van der Waals surface area contributed by atoms with Gasteiger partial charge < -0.3 is 15.5 Å². The number of anilines is 1. The maximum absolute atomic E-state index is 12.7. The Kier molecular flexibility index (Phi) is 7.04.